The lowest BCUT2D eigenvalue weighted by Gasteiger charge is -2.24. The lowest BCUT2D eigenvalue weighted by molar-refractivity contribution is -0.141. The molecule has 3 amide bonds. The van der Waals surface area contributed by atoms with Gasteiger partial charge < -0.3 is 31.9 Å². The van der Waals surface area contributed by atoms with Gasteiger partial charge in [0.2, 0.25) is 17.7 Å². The molecule has 0 fully saturated rings. The Kier molecular flexibility index (Phi) is 10.8. The third-order valence-corrected chi connectivity index (χ3v) is 5.04. The van der Waals surface area contributed by atoms with Crippen LogP contribution in [0, 0.1) is 0 Å². The second-order valence-corrected chi connectivity index (χ2v) is 8.12. The topological polar surface area (TPSA) is 171 Å². The van der Waals surface area contributed by atoms with Gasteiger partial charge >= 0.3 is 5.97 Å². The number of hydrogen-bond acceptors (Lipinski definition) is 7. The SMILES string of the molecule is CSCCC(NC(=O)C(C)N)C(=O)NC(Cc1ccc(O)cc1)C(=O)NC(C)C(=O)O. The van der Waals surface area contributed by atoms with Crippen LogP contribution in [0.5, 0.6) is 5.75 Å². The van der Waals surface area contributed by atoms with Gasteiger partial charge in [-0.05, 0) is 50.0 Å². The maximum Gasteiger partial charge on any atom is 0.325 e. The Morgan fingerprint density at radius 3 is 2.03 bits per heavy atom. The number of hydrogen-bond donors (Lipinski definition) is 6. The van der Waals surface area contributed by atoms with Gasteiger partial charge in [0.15, 0.2) is 0 Å². The normalized spacial score (nSPS) is 14.6. The summed E-state index contributed by atoms with van der Waals surface area (Å²) < 4.78 is 0. The summed E-state index contributed by atoms with van der Waals surface area (Å²) in [5, 5.41) is 26.0. The first kappa shape index (κ1) is 26.2. The molecule has 0 aliphatic rings. The molecular formula is C20H30N4O6S. The zero-order chi connectivity index (χ0) is 23.6. The number of phenols is 1. The number of carbonyl (C=O) groups is 4. The summed E-state index contributed by atoms with van der Waals surface area (Å²) in [4.78, 5) is 48.6. The third kappa shape index (κ3) is 9.26. The van der Waals surface area contributed by atoms with E-state index in [1.807, 2.05) is 6.26 Å². The monoisotopic (exact) mass is 454 g/mol. The molecule has 0 heterocycles. The molecule has 0 spiro atoms. The minimum atomic E-state index is -1.22. The second kappa shape index (κ2) is 12.8. The van der Waals surface area contributed by atoms with Crippen LogP contribution in [0.1, 0.15) is 25.8 Å². The maximum atomic E-state index is 12.9. The summed E-state index contributed by atoms with van der Waals surface area (Å²) in [6, 6.07) is 2.10. The Hall–Kier alpha value is -2.79. The van der Waals surface area contributed by atoms with E-state index in [-0.39, 0.29) is 12.2 Å². The number of nitrogens with two attached hydrogens (primary N) is 1. The van der Waals surface area contributed by atoms with E-state index < -0.39 is 47.9 Å². The van der Waals surface area contributed by atoms with Crippen molar-refractivity contribution in [1.29, 1.82) is 0 Å². The molecule has 1 aromatic rings. The summed E-state index contributed by atoms with van der Waals surface area (Å²) >= 11 is 1.49. The van der Waals surface area contributed by atoms with Crippen LogP contribution in [0.3, 0.4) is 0 Å². The summed E-state index contributed by atoms with van der Waals surface area (Å²) in [6.45, 7) is 2.80. The molecule has 1 aromatic carbocycles. The fraction of sp³-hybridized carbons (Fsp3) is 0.500. The Bertz CT molecular complexity index is 771. The van der Waals surface area contributed by atoms with Crippen LogP contribution < -0.4 is 21.7 Å². The van der Waals surface area contributed by atoms with Crippen molar-refractivity contribution >= 4 is 35.5 Å². The third-order valence-electron chi connectivity index (χ3n) is 4.40. The quantitative estimate of drug-likeness (QED) is 0.247. The highest BCUT2D eigenvalue weighted by atomic mass is 32.2. The molecule has 0 aromatic heterocycles. The average molecular weight is 455 g/mol. The highest BCUT2D eigenvalue weighted by molar-refractivity contribution is 7.98. The first-order valence-electron chi connectivity index (χ1n) is 9.71. The summed E-state index contributed by atoms with van der Waals surface area (Å²) in [5.41, 5.74) is 6.21. The molecule has 0 aliphatic heterocycles. The molecule has 4 atom stereocenters. The average Bonchev–Trinajstić information content (AvgIpc) is 2.71. The van der Waals surface area contributed by atoms with Crippen molar-refractivity contribution in [1.82, 2.24) is 16.0 Å². The zero-order valence-corrected chi connectivity index (χ0v) is 18.6. The lowest BCUT2D eigenvalue weighted by atomic mass is 10.0. The standard InChI is InChI=1S/C20H30N4O6S/c1-11(21)17(26)23-15(8-9-31-3)18(27)24-16(19(28)22-12(2)20(29)30)10-13-4-6-14(25)7-5-13/h4-7,11-12,15-16,25H,8-10,21H2,1-3H3,(H,22,28)(H,23,26)(H,24,27)(H,29,30). The number of rotatable bonds is 12. The number of carboxylic acids is 1. The molecule has 0 bridgehead atoms. The lowest BCUT2D eigenvalue weighted by Crippen LogP contribution is -2.57. The van der Waals surface area contributed by atoms with Crippen molar-refractivity contribution < 1.29 is 29.4 Å². The summed E-state index contributed by atoms with van der Waals surface area (Å²) in [5.74, 6) is -2.35. The number of carboxylic acid groups (broad SMARTS) is 1. The Labute approximate surface area is 185 Å². The van der Waals surface area contributed by atoms with Crippen LogP contribution in [0.4, 0.5) is 0 Å². The van der Waals surface area contributed by atoms with Crippen LogP contribution in [0.15, 0.2) is 24.3 Å². The van der Waals surface area contributed by atoms with E-state index in [9.17, 15) is 24.3 Å². The van der Waals surface area contributed by atoms with E-state index in [1.54, 1.807) is 12.1 Å². The van der Waals surface area contributed by atoms with Gasteiger partial charge in [-0.25, -0.2) is 0 Å². The van der Waals surface area contributed by atoms with Crippen molar-refractivity contribution in [3.05, 3.63) is 29.8 Å². The van der Waals surface area contributed by atoms with E-state index in [1.165, 1.54) is 37.7 Å². The molecule has 172 valence electrons. The maximum absolute atomic E-state index is 12.9. The van der Waals surface area contributed by atoms with Crippen molar-refractivity contribution in [2.24, 2.45) is 5.73 Å². The van der Waals surface area contributed by atoms with E-state index in [0.717, 1.165) is 0 Å². The van der Waals surface area contributed by atoms with Crippen LogP contribution in [-0.4, -0.2) is 70.1 Å². The number of phenolic OH excluding ortho intramolecular Hbond substituents is 1. The highest BCUT2D eigenvalue weighted by Gasteiger charge is 2.29. The minimum Gasteiger partial charge on any atom is -0.508 e. The molecular weight excluding hydrogens is 424 g/mol. The number of aliphatic carboxylic acids is 1. The highest BCUT2D eigenvalue weighted by Crippen LogP contribution is 2.12. The van der Waals surface area contributed by atoms with Gasteiger partial charge in [-0.15, -0.1) is 0 Å². The van der Waals surface area contributed by atoms with Gasteiger partial charge in [-0.1, -0.05) is 12.1 Å². The smallest absolute Gasteiger partial charge is 0.325 e. The molecule has 7 N–H and O–H groups in total. The van der Waals surface area contributed by atoms with Gasteiger partial charge in [0.1, 0.15) is 23.9 Å². The Morgan fingerprint density at radius 1 is 0.968 bits per heavy atom. The van der Waals surface area contributed by atoms with Gasteiger partial charge in [-0.2, -0.15) is 11.8 Å². The molecule has 4 unspecified atom stereocenters. The van der Waals surface area contributed by atoms with Crippen LogP contribution in [-0.2, 0) is 25.6 Å². The van der Waals surface area contributed by atoms with Crippen molar-refractivity contribution in [2.45, 2.75) is 50.9 Å². The molecule has 31 heavy (non-hydrogen) atoms. The van der Waals surface area contributed by atoms with E-state index in [4.69, 9.17) is 10.8 Å². The predicted octanol–water partition coefficient (Wildman–Crippen LogP) is -0.406. The number of aromatic hydroxyl groups is 1. The molecule has 0 saturated heterocycles. The zero-order valence-electron chi connectivity index (χ0n) is 17.8. The van der Waals surface area contributed by atoms with Gasteiger partial charge in [0, 0.05) is 6.42 Å². The second-order valence-electron chi connectivity index (χ2n) is 7.13. The molecule has 11 heteroatoms. The molecule has 0 radical (unpaired) electrons. The molecule has 10 nitrogen and oxygen atoms in total. The summed E-state index contributed by atoms with van der Waals surface area (Å²) in [7, 11) is 0. The van der Waals surface area contributed by atoms with E-state index in [2.05, 4.69) is 16.0 Å². The number of thioether (sulfide) groups is 1. The number of carbonyl (C=O) groups excluding carboxylic acids is 3. The van der Waals surface area contributed by atoms with Crippen LogP contribution in [0.25, 0.3) is 0 Å². The van der Waals surface area contributed by atoms with E-state index in [0.29, 0.717) is 17.7 Å². The Morgan fingerprint density at radius 2 is 1.52 bits per heavy atom. The number of amides is 3. The van der Waals surface area contributed by atoms with Gasteiger partial charge in [0.05, 0.1) is 6.04 Å². The van der Waals surface area contributed by atoms with Gasteiger partial charge in [0.25, 0.3) is 0 Å². The van der Waals surface area contributed by atoms with Crippen molar-refractivity contribution in [2.75, 3.05) is 12.0 Å². The van der Waals surface area contributed by atoms with Crippen LogP contribution in [0.2, 0.25) is 0 Å². The molecule has 0 saturated carbocycles. The fourth-order valence-electron chi connectivity index (χ4n) is 2.53. The number of nitrogens with one attached hydrogen (secondary N) is 3. The fourth-order valence-corrected chi connectivity index (χ4v) is 3.00. The minimum absolute atomic E-state index is 0.0454. The first-order valence-corrected chi connectivity index (χ1v) is 11.1. The molecule has 1 rings (SSSR count). The van der Waals surface area contributed by atoms with Crippen molar-refractivity contribution in [3.8, 4) is 5.75 Å². The number of benzene rings is 1. The van der Waals surface area contributed by atoms with Gasteiger partial charge in [-0.3, -0.25) is 19.2 Å². The summed E-state index contributed by atoms with van der Waals surface area (Å²) in [6.07, 6.45) is 2.24. The largest absolute Gasteiger partial charge is 0.508 e. The predicted molar refractivity (Wildman–Crippen MR) is 118 cm³/mol. The van der Waals surface area contributed by atoms with Crippen LogP contribution >= 0.6 is 11.8 Å². The first-order chi connectivity index (χ1) is 14.5. The van der Waals surface area contributed by atoms with E-state index >= 15 is 0 Å². The Balaban J connectivity index is 3.03. The van der Waals surface area contributed by atoms with Crippen molar-refractivity contribution in [3.63, 3.8) is 0 Å². The molecule has 0 aliphatic carbocycles.